The van der Waals surface area contributed by atoms with Crippen LogP contribution in [0.3, 0.4) is 0 Å². The minimum absolute atomic E-state index is 0.0108. The largest absolute Gasteiger partial charge is 0.494 e. The van der Waals surface area contributed by atoms with E-state index in [-0.39, 0.29) is 17.4 Å². The number of rotatable bonds is 8. The molecule has 2 heterocycles. The smallest absolute Gasteiger partial charge is 0.379 e. The van der Waals surface area contributed by atoms with Crippen molar-refractivity contribution in [1.29, 1.82) is 5.26 Å². The second-order valence-electron chi connectivity index (χ2n) is 10.2. The Balaban J connectivity index is 1.43. The summed E-state index contributed by atoms with van der Waals surface area (Å²) in [6.45, 7) is 8.60. The summed E-state index contributed by atoms with van der Waals surface area (Å²) < 4.78 is 23.4. The number of nitrogens with zero attached hydrogens (tertiary/aromatic N) is 1. The predicted molar refractivity (Wildman–Crippen MR) is 153 cm³/mol. The van der Waals surface area contributed by atoms with Crippen LogP contribution in [0.25, 0.3) is 11.0 Å². The Kier molecular flexibility index (Phi) is 7.52. The molecule has 1 aliphatic rings. The quantitative estimate of drug-likeness (QED) is 0.142. The Morgan fingerprint density at radius 2 is 1.88 bits per heavy atom. The van der Waals surface area contributed by atoms with E-state index < -0.39 is 11.9 Å². The van der Waals surface area contributed by atoms with Crippen molar-refractivity contribution in [3.63, 3.8) is 0 Å². The highest BCUT2D eigenvalue weighted by Crippen LogP contribution is 2.44. The fourth-order valence-corrected chi connectivity index (χ4v) is 5.31. The number of fused-ring (bicyclic) bond motifs is 2. The molecule has 3 aromatic carbocycles. The number of esters is 1. The molecule has 0 fully saturated rings. The SMILES string of the molecule is CCCCCOc1cccc(C2C(C#N)=C(N)Oc3cc(OC(=O)c4oc5cc(C)cc(C)c5c4C)ccc32)c1. The molecule has 7 heteroatoms. The summed E-state index contributed by atoms with van der Waals surface area (Å²) in [5, 5.41) is 10.8. The highest BCUT2D eigenvalue weighted by Gasteiger charge is 2.31. The zero-order valence-electron chi connectivity index (χ0n) is 23.2. The summed E-state index contributed by atoms with van der Waals surface area (Å²) in [6.07, 6.45) is 3.20. The molecule has 204 valence electrons. The third-order valence-electron chi connectivity index (χ3n) is 7.17. The molecule has 0 spiro atoms. The lowest BCUT2D eigenvalue weighted by atomic mass is 9.83. The number of nitrogens with two attached hydrogens (primary N) is 1. The molecular formula is C33H32N2O5. The maximum atomic E-state index is 13.1. The second kappa shape index (κ2) is 11.2. The molecule has 40 heavy (non-hydrogen) atoms. The van der Waals surface area contributed by atoms with Gasteiger partial charge in [-0.3, -0.25) is 0 Å². The average molecular weight is 537 g/mol. The number of allylic oxidation sites excluding steroid dienone is 1. The molecule has 7 nitrogen and oxygen atoms in total. The van der Waals surface area contributed by atoms with Crippen molar-refractivity contribution in [2.24, 2.45) is 5.73 Å². The normalized spacial score (nSPS) is 14.4. The van der Waals surface area contributed by atoms with E-state index in [9.17, 15) is 10.1 Å². The van der Waals surface area contributed by atoms with Gasteiger partial charge in [-0.25, -0.2) is 4.79 Å². The van der Waals surface area contributed by atoms with Gasteiger partial charge in [0.05, 0.1) is 12.5 Å². The van der Waals surface area contributed by atoms with Gasteiger partial charge in [0.1, 0.15) is 34.5 Å². The molecule has 1 aromatic heterocycles. The summed E-state index contributed by atoms with van der Waals surface area (Å²) in [5.41, 5.74) is 11.6. The number of hydrogen-bond acceptors (Lipinski definition) is 7. The van der Waals surface area contributed by atoms with Gasteiger partial charge in [-0.1, -0.05) is 44.0 Å². The Hall–Kier alpha value is -4.70. The number of carbonyl (C=O) groups excluding carboxylic acids is 1. The minimum Gasteiger partial charge on any atom is -0.494 e. The first-order valence-corrected chi connectivity index (χ1v) is 13.5. The Labute approximate surface area is 233 Å². The van der Waals surface area contributed by atoms with Crippen LogP contribution >= 0.6 is 0 Å². The highest BCUT2D eigenvalue weighted by molar-refractivity contribution is 5.98. The number of carbonyl (C=O) groups is 1. The summed E-state index contributed by atoms with van der Waals surface area (Å²) in [6, 6.07) is 18.9. The zero-order chi connectivity index (χ0) is 28.4. The first kappa shape index (κ1) is 26.9. The maximum absolute atomic E-state index is 13.1. The van der Waals surface area contributed by atoms with Gasteiger partial charge in [0, 0.05) is 22.6 Å². The molecule has 0 radical (unpaired) electrons. The van der Waals surface area contributed by atoms with Crippen molar-refractivity contribution < 1.29 is 23.4 Å². The molecule has 1 atom stereocenters. The molecule has 1 aliphatic heterocycles. The van der Waals surface area contributed by atoms with Gasteiger partial charge in [0.25, 0.3) is 0 Å². The molecule has 0 amide bonds. The van der Waals surface area contributed by atoms with Crippen LogP contribution in [-0.2, 0) is 0 Å². The van der Waals surface area contributed by atoms with Crippen LogP contribution in [0.15, 0.2) is 70.5 Å². The first-order chi connectivity index (χ1) is 19.3. The fraction of sp³-hybridized carbons (Fsp3) is 0.273. The Morgan fingerprint density at radius 1 is 1.05 bits per heavy atom. The van der Waals surface area contributed by atoms with Gasteiger partial charge >= 0.3 is 5.97 Å². The third kappa shape index (κ3) is 5.13. The lowest BCUT2D eigenvalue weighted by Crippen LogP contribution is -2.21. The number of benzene rings is 3. The Bertz CT molecular complexity index is 1670. The highest BCUT2D eigenvalue weighted by atomic mass is 16.5. The standard InChI is InChI=1S/C33H32N2O5/c1-5-6-7-13-37-23-10-8-9-22(16-23)30-25-12-11-24(17-27(25)40-32(35)26(30)18-34)38-33(36)31-21(4)29-20(3)14-19(2)15-28(29)39-31/h8-12,14-17,30H,5-7,13,35H2,1-4H3. The average Bonchev–Trinajstić information content (AvgIpc) is 3.26. The van der Waals surface area contributed by atoms with E-state index in [1.54, 1.807) is 18.2 Å². The number of hydrogen-bond donors (Lipinski definition) is 1. The van der Waals surface area contributed by atoms with Crippen LogP contribution in [0.5, 0.6) is 17.2 Å². The first-order valence-electron chi connectivity index (χ1n) is 13.5. The third-order valence-corrected chi connectivity index (χ3v) is 7.17. The zero-order valence-corrected chi connectivity index (χ0v) is 23.2. The number of aryl methyl sites for hydroxylation is 3. The van der Waals surface area contributed by atoms with Crippen molar-refractivity contribution >= 4 is 16.9 Å². The van der Waals surface area contributed by atoms with Crippen molar-refractivity contribution in [3.05, 3.63) is 99.6 Å². The van der Waals surface area contributed by atoms with Gasteiger partial charge in [-0.2, -0.15) is 5.26 Å². The number of nitriles is 1. The van der Waals surface area contributed by atoms with E-state index in [2.05, 4.69) is 19.1 Å². The summed E-state index contributed by atoms with van der Waals surface area (Å²) in [7, 11) is 0. The van der Waals surface area contributed by atoms with Crippen LogP contribution in [0.2, 0.25) is 0 Å². The molecule has 2 N–H and O–H groups in total. The molecule has 4 aromatic rings. The van der Waals surface area contributed by atoms with Crippen molar-refractivity contribution in [3.8, 4) is 23.3 Å². The van der Waals surface area contributed by atoms with E-state index in [1.807, 2.05) is 51.1 Å². The lowest BCUT2D eigenvalue weighted by Gasteiger charge is -2.27. The van der Waals surface area contributed by atoms with E-state index in [4.69, 9.17) is 24.4 Å². The van der Waals surface area contributed by atoms with Crippen LogP contribution in [0, 0.1) is 32.1 Å². The topological polar surface area (TPSA) is 108 Å². The van der Waals surface area contributed by atoms with Gasteiger partial charge in [0.15, 0.2) is 0 Å². The van der Waals surface area contributed by atoms with Gasteiger partial charge < -0.3 is 24.4 Å². The van der Waals surface area contributed by atoms with E-state index >= 15 is 0 Å². The van der Waals surface area contributed by atoms with Crippen LogP contribution < -0.4 is 19.9 Å². The molecule has 5 rings (SSSR count). The van der Waals surface area contributed by atoms with Gasteiger partial charge in [-0.05, 0) is 68.1 Å². The molecule has 0 saturated heterocycles. The van der Waals surface area contributed by atoms with E-state index in [0.29, 0.717) is 23.5 Å². The van der Waals surface area contributed by atoms with Crippen LogP contribution in [-0.4, -0.2) is 12.6 Å². The molecule has 0 aliphatic carbocycles. The Morgan fingerprint density at radius 3 is 2.65 bits per heavy atom. The molecule has 0 bridgehead atoms. The lowest BCUT2D eigenvalue weighted by molar-refractivity contribution is 0.0702. The van der Waals surface area contributed by atoms with Crippen molar-refractivity contribution in [2.45, 2.75) is 52.9 Å². The monoisotopic (exact) mass is 536 g/mol. The second-order valence-corrected chi connectivity index (χ2v) is 10.2. The number of unbranched alkanes of at least 4 members (excludes halogenated alkanes) is 2. The number of furan rings is 1. The molecular weight excluding hydrogens is 504 g/mol. The summed E-state index contributed by atoms with van der Waals surface area (Å²) in [4.78, 5) is 13.1. The molecule has 1 unspecified atom stereocenters. The van der Waals surface area contributed by atoms with Crippen LogP contribution in [0.4, 0.5) is 0 Å². The van der Waals surface area contributed by atoms with Crippen molar-refractivity contribution in [1.82, 2.24) is 0 Å². The minimum atomic E-state index is -0.604. The van der Waals surface area contributed by atoms with E-state index in [1.165, 1.54) is 0 Å². The summed E-state index contributed by atoms with van der Waals surface area (Å²) in [5.74, 6) is 0.521. The molecule has 0 saturated carbocycles. The van der Waals surface area contributed by atoms with E-state index in [0.717, 1.165) is 58.2 Å². The predicted octanol–water partition coefficient (Wildman–Crippen LogP) is 7.36. The maximum Gasteiger partial charge on any atom is 0.379 e. The fourth-order valence-electron chi connectivity index (χ4n) is 5.31. The summed E-state index contributed by atoms with van der Waals surface area (Å²) >= 11 is 0. The van der Waals surface area contributed by atoms with Crippen LogP contribution in [0.1, 0.15) is 70.5 Å². The van der Waals surface area contributed by atoms with Gasteiger partial charge in [0.2, 0.25) is 11.6 Å². The number of ether oxygens (including phenoxy) is 3. The van der Waals surface area contributed by atoms with Crippen molar-refractivity contribution in [2.75, 3.05) is 6.61 Å². The van der Waals surface area contributed by atoms with Gasteiger partial charge in [-0.15, -0.1) is 0 Å².